The molecular weight excluding hydrogens is 202 g/mol. The number of aryl methyl sites for hydroxylation is 1. The van der Waals surface area contributed by atoms with Crippen molar-refractivity contribution < 1.29 is 4.74 Å². The summed E-state index contributed by atoms with van der Waals surface area (Å²) < 4.78 is 6.99. The van der Waals surface area contributed by atoms with Gasteiger partial charge < -0.3 is 10.5 Å². The summed E-state index contributed by atoms with van der Waals surface area (Å²) in [7, 11) is 1.65. The van der Waals surface area contributed by atoms with Gasteiger partial charge in [-0.3, -0.25) is 0 Å². The van der Waals surface area contributed by atoms with Crippen LogP contribution in [0.1, 0.15) is 11.4 Å². The number of aromatic nitrogens is 2. The molecule has 0 atom stereocenters. The van der Waals surface area contributed by atoms with Gasteiger partial charge in [0.15, 0.2) is 0 Å². The summed E-state index contributed by atoms with van der Waals surface area (Å²) in [5, 5.41) is 4.40. The molecule has 0 saturated carbocycles. The third-order valence-electron chi connectivity index (χ3n) is 2.46. The van der Waals surface area contributed by atoms with E-state index in [0.29, 0.717) is 6.54 Å². The number of hydrogen-bond acceptors (Lipinski definition) is 3. The second-order valence-corrected chi connectivity index (χ2v) is 3.59. The van der Waals surface area contributed by atoms with Crippen LogP contribution in [0.2, 0.25) is 0 Å². The molecule has 0 spiro atoms. The third-order valence-corrected chi connectivity index (χ3v) is 2.46. The second-order valence-electron chi connectivity index (χ2n) is 3.59. The van der Waals surface area contributed by atoms with E-state index in [2.05, 4.69) is 5.10 Å². The van der Waals surface area contributed by atoms with Crippen molar-refractivity contribution in [2.24, 2.45) is 5.73 Å². The van der Waals surface area contributed by atoms with E-state index in [-0.39, 0.29) is 0 Å². The minimum Gasteiger partial charge on any atom is -0.497 e. The molecule has 4 nitrogen and oxygen atoms in total. The smallest absolute Gasteiger partial charge is 0.119 e. The van der Waals surface area contributed by atoms with Crippen LogP contribution in [0.15, 0.2) is 30.3 Å². The monoisotopic (exact) mass is 217 g/mol. The van der Waals surface area contributed by atoms with Gasteiger partial charge in [-0.25, -0.2) is 4.68 Å². The molecular formula is C12H15N3O. The average Bonchev–Trinajstić information content (AvgIpc) is 2.71. The molecule has 0 aliphatic rings. The lowest BCUT2D eigenvalue weighted by atomic mass is 10.3. The van der Waals surface area contributed by atoms with Crippen molar-refractivity contribution in [3.05, 3.63) is 41.7 Å². The van der Waals surface area contributed by atoms with Crippen LogP contribution >= 0.6 is 0 Å². The number of nitrogens with zero attached hydrogens (tertiary/aromatic N) is 2. The Morgan fingerprint density at radius 3 is 2.50 bits per heavy atom. The molecule has 0 saturated heterocycles. The summed E-state index contributed by atoms with van der Waals surface area (Å²) in [5.41, 5.74) is 8.54. The van der Waals surface area contributed by atoms with E-state index in [1.807, 2.05) is 41.9 Å². The topological polar surface area (TPSA) is 53.1 Å². The molecule has 1 heterocycles. The highest BCUT2D eigenvalue weighted by Gasteiger charge is 2.04. The lowest BCUT2D eigenvalue weighted by molar-refractivity contribution is 0.414. The number of benzene rings is 1. The Labute approximate surface area is 94.6 Å². The van der Waals surface area contributed by atoms with Crippen LogP contribution in [-0.2, 0) is 6.54 Å². The standard InChI is InChI=1S/C12H15N3O/c1-9-7-10(8-13)14-15(9)11-3-5-12(16-2)6-4-11/h3-7H,8,13H2,1-2H3. The van der Waals surface area contributed by atoms with Crippen LogP contribution in [0, 0.1) is 6.92 Å². The first-order valence-electron chi connectivity index (χ1n) is 5.14. The normalized spacial score (nSPS) is 10.4. The van der Waals surface area contributed by atoms with Crippen molar-refractivity contribution in [2.75, 3.05) is 7.11 Å². The number of hydrogen-bond donors (Lipinski definition) is 1. The minimum absolute atomic E-state index is 0.462. The molecule has 84 valence electrons. The van der Waals surface area contributed by atoms with Gasteiger partial charge in [0.25, 0.3) is 0 Å². The van der Waals surface area contributed by atoms with Crippen molar-refractivity contribution in [3.63, 3.8) is 0 Å². The number of rotatable bonds is 3. The molecule has 1 aromatic heterocycles. The quantitative estimate of drug-likeness (QED) is 0.850. The van der Waals surface area contributed by atoms with Gasteiger partial charge in [0, 0.05) is 12.2 Å². The van der Waals surface area contributed by atoms with Crippen molar-refractivity contribution in [3.8, 4) is 11.4 Å². The molecule has 0 unspecified atom stereocenters. The lowest BCUT2D eigenvalue weighted by Gasteiger charge is -2.05. The summed E-state index contributed by atoms with van der Waals surface area (Å²) in [5.74, 6) is 0.840. The van der Waals surface area contributed by atoms with E-state index in [0.717, 1.165) is 22.8 Å². The first kappa shape index (κ1) is 10.7. The van der Waals surface area contributed by atoms with Gasteiger partial charge in [-0.2, -0.15) is 5.10 Å². The molecule has 0 aliphatic carbocycles. The highest BCUT2D eigenvalue weighted by Crippen LogP contribution is 2.16. The van der Waals surface area contributed by atoms with Gasteiger partial charge in [0.1, 0.15) is 5.75 Å². The molecule has 0 fully saturated rings. The van der Waals surface area contributed by atoms with Crippen molar-refractivity contribution in [1.29, 1.82) is 0 Å². The third kappa shape index (κ3) is 1.92. The van der Waals surface area contributed by atoms with Crippen LogP contribution in [0.25, 0.3) is 5.69 Å². The molecule has 4 heteroatoms. The van der Waals surface area contributed by atoms with E-state index < -0.39 is 0 Å². The zero-order valence-electron chi connectivity index (χ0n) is 9.47. The van der Waals surface area contributed by atoms with Crippen LogP contribution < -0.4 is 10.5 Å². The summed E-state index contributed by atoms with van der Waals surface area (Å²) in [6.45, 7) is 2.47. The number of methoxy groups -OCH3 is 1. The Balaban J connectivity index is 2.38. The largest absolute Gasteiger partial charge is 0.497 e. The Morgan fingerprint density at radius 1 is 1.31 bits per heavy atom. The van der Waals surface area contributed by atoms with E-state index in [4.69, 9.17) is 10.5 Å². The van der Waals surface area contributed by atoms with Crippen LogP contribution in [0.3, 0.4) is 0 Å². The molecule has 2 aromatic rings. The van der Waals surface area contributed by atoms with Crippen LogP contribution in [0.4, 0.5) is 0 Å². The molecule has 0 radical (unpaired) electrons. The predicted molar refractivity (Wildman–Crippen MR) is 62.7 cm³/mol. The number of ether oxygens (including phenoxy) is 1. The first-order valence-corrected chi connectivity index (χ1v) is 5.14. The van der Waals surface area contributed by atoms with E-state index in [1.165, 1.54) is 0 Å². The first-order chi connectivity index (χ1) is 7.74. The zero-order chi connectivity index (χ0) is 11.5. The van der Waals surface area contributed by atoms with Gasteiger partial charge in [-0.1, -0.05) is 0 Å². The molecule has 16 heavy (non-hydrogen) atoms. The van der Waals surface area contributed by atoms with E-state index in [9.17, 15) is 0 Å². The van der Waals surface area contributed by atoms with Gasteiger partial charge in [0.2, 0.25) is 0 Å². The fraction of sp³-hybridized carbons (Fsp3) is 0.250. The lowest BCUT2D eigenvalue weighted by Crippen LogP contribution is -2.01. The molecule has 0 aliphatic heterocycles. The Morgan fingerprint density at radius 2 is 2.00 bits per heavy atom. The summed E-state index contributed by atoms with van der Waals surface area (Å²) in [6.07, 6.45) is 0. The SMILES string of the molecule is COc1ccc(-n2nc(CN)cc2C)cc1. The highest BCUT2D eigenvalue weighted by atomic mass is 16.5. The molecule has 2 rings (SSSR count). The molecule has 0 amide bonds. The predicted octanol–water partition coefficient (Wildman–Crippen LogP) is 1.65. The summed E-state index contributed by atoms with van der Waals surface area (Å²) in [6, 6.07) is 9.76. The maximum absolute atomic E-state index is 5.56. The highest BCUT2D eigenvalue weighted by molar-refractivity contribution is 5.38. The molecule has 0 bridgehead atoms. The fourth-order valence-corrected chi connectivity index (χ4v) is 1.62. The maximum atomic E-state index is 5.56. The van der Waals surface area contributed by atoms with Gasteiger partial charge in [0.05, 0.1) is 18.5 Å². The average molecular weight is 217 g/mol. The van der Waals surface area contributed by atoms with Gasteiger partial charge in [-0.15, -0.1) is 0 Å². The number of nitrogens with two attached hydrogens (primary N) is 1. The second kappa shape index (κ2) is 4.37. The molecule has 2 N–H and O–H groups in total. The fourth-order valence-electron chi connectivity index (χ4n) is 1.62. The Kier molecular flexibility index (Phi) is 2.92. The summed E-state index contributed by atoms with van der Waals surface area (Å²) in [4.78, 5) is 0. The Bertz CT molecular complexity index is 474. The zero-order valence-corrected chi connectivity index (χ0v) is 9.47. The minimum atomic E-state index is 0.462. The molecule has 1 aromatic carbocycles. The van der Waals surface area contributed by atoms with Gasteiger partial charge in [-0.05, 0) is 37.3 Å². The maximum Gasteiger partial charge on any atom is 0.119 e. The van der Waals surface area contributed by atoms with Crippen molar-refractivity contribution in [2.45, 2.75) is 13.5 Å². The van der Waals surface area contributed by atoms with Crippen molar-refractivity contribution >= 4 is 0 Å². The summed E-state index contributed by atoms with van der Waals surface area (Å²) >= 11 is 0. The van der Waals surface area contributed by atoms with Crippen LogP contribution in [0.5, 0.6) is 5.75 Å². The van der Waals surface area contributed by atoms with E-state index in [1.54, 1.807) is 7.11 Å². The van der Waals surface area contributed by atoms with E-state index >= 15 is 0 Å². The van der Waals surface area contributed by atoms with Gasteiger partial charge >= 0.3 is 0 Å². The van der Waals surface area contributed by atoms with Crippen LogP contribution in [-0.4, -0.2) is 16.9 Å². The Hall–Kier alpha value is -1.81. The van der Waals surface area contributed by atoms with Crippen molar-refractivity contribution in [1.82, 2.24) is 9.78 Å².